The normalized spacial score (nSPS) is 15.1. The fourth-order valence-corrected chi connectivity index (χ4v) is 4.98. The van der Waals surface area contributed by atoms with Crippen molar-refractivity contribution in [2.24, 2.45) is 12.8 Å². The number of aryl methyl sites for hydroxylation is 2. The van der Waals surface area contributed by atoms with E-state index in [0.717, 1.165) is 53.2 Å². The average molecular weight is 366 g/mol. The lowest BCUT2D eigenvalue weighted by Crippen LogP contribution is -2.39. The summed E-state index contributed by atoms with van der Waals surface area (Å²) < 4.78 is 1.47. The molecule has 3 amide bonds. The number of nitrogens with one attached hydrogen (secondary N) is 1. The van der Waals surface area contributed by atoms with Crippen molar-refractivity contribution in [3.8, 4) is 0 Å². The molecule has 2 aromatic rings. The van der Waals surface area contributed by atoms with Gasteiger partial charge >= 0.3 is 6.03 Å². The Labute approximate surface area is 146 Å². The highest BCUT2D eigenvalue weighted by Gasteiger charge is 2.23. The van der Waals surface area contributed by atoms with Gasteiger partial charge in [0.2, 0.25) is 5.91 Å². The first kappa shape index (κ1) is 17.0. The minimum absolute atomic E-state index is 0.0793. The molecule has 3 N–H and O–H groups in total. The largest absolute Gasteiger partial charge is 0.351 e. The molecule has 1 aliphatic carbocycles. The zero-order valence-electron chi connectivity index (χ0n) is 13.4. The van der Waals surface area contributed by atoms with Gasteiger partial charge in [-0.2, -0.15) is 0 Å². The van der Waals surface area contributed by atoms with Crippen LogP contribution in [0.4, 0.5) is 4.79 Å². The van der Waals surface area contributed by atoms with Gasteiger partial charge in [-0.1, -0.05) is 11.8 Å². The molecule has 128 valence electrons. The van der Waals surface area contributed by atoms with Gasteiger partial charge in [-0.3, -0.25) is 19.5 Å². The number of rotatable bonds is 3. The maximum absolute atomic E-state index is 12.8. The first-order valence-corrected chi connectivity index (χ1v) is 9.36. The number of imide groups is 1. The summed E-state index contributed by atoms with van der Waals surface area (Å²) in [6.07, 6.45) is 4.17. The Morgan fingerprint density at radius 2 is 2.08 bits per heavy atom. The average Bonchev–Trinajstić information content (AvgIpc) is 2.89. The highest BCUT2D eigenvalue weighted by molar-refractivity contribution is 8.00. The molecule has 9 heteroatoms. The highest BCUT2D eigenvalue weighted by atomic mass is 32.2. The van der Waals surface area contributed by atoms with E-state index in [1.165, 1.54) is 9.44 Å². The van der Waals surface area contributed by atoms with Crippen molar-refractivity contribution in [1.82, 2.24) is 14.9 Å². The molecule has 0 radical (unpaired) electrons. The van der Waals surface area contributed by atoms with Crippen molar-refractivity contribution in [3.63, 3.8) is 0 Å². The van der Waals surface area contributed by atoms with Crippen LogP contribution in [0.3, 0.4) is 0 Å². The van der Waals surface area contributed by atoms with Crippen LogP contribution in [-0.4, -0.2) is 26.7 Å². The Bertz CT molecular complexity index is 887. The van der Waals surface area contributed by atoms with Crippen LogP contribution in [0.5, 0.6) is 0 Å². The van der Waals surface area contributed by atoms with Crippen LogP contribution in [0, 0.1) is 0 Å². The number of fused-ring (bicyclic) bond motifs is 3. The predicted octanol–water partition coefficient (Wildman–Crippen LogP) is 1.55. The minimum Gasteiger partial charge on any atom is -0.351 e. The van der Waals surface area contributed by atoms with Gasteiger partial charge in [-0.05, 0) is 38.2 Å². The third-order valence-corrected chi connectivity index (χ3v) is 6.38. The Kier molecular flexibility index (Phi) is 4.64. The van der Waals surface area contributed by atoms with Crippen molar-refractivity contribution < 1.29 is 9.59 Å². The predicted molar refractivity (Wildman–Crippen MR) is 94.5 cm³/mol. The SMILES string of the molecule is C[C@@H](Sc1nc2sc3c(c2c(=O)n1C)CCCC3)C(=O)NC(N)=O. The van der Waals surface area contributed by atoms with Gasteiger partial charge < -0.3 is 5.73 Å². The molecule has 0 aliphatic heterocycles. The van der Waals surface area contributed by atoms with E-state index < -0.39 is 17.2 Å². The Hall–Kier alpha value is -1.87. The standard InChI is InChI=1S/C15H18N4O3S2/c1-7(11(20)17-14(16)22)23-15-18-12-10(13(21)19(15)2)8-5-3-4-6-9(8)24-12/h7H,3-6H2,1-2H3,(H3,16,17,20,22)/t7-/m1/s1. The third-order valence-electron chi connectivity index (χ3n) is 4.05. The molecule has 24 heavy (non-hydrogen) atoms. The second-order valence-corrected chi connectivity index (χ2v) is 8.15. The first-order chi connectivity index (χ1) is 11.4. The number of urea groups is 1. The number of thiophene rings is 1. The molecule has 0 saturated carbocycles. The van der Waals surface area contributed by atoms with Gasteiger partial charge in [-0.15, -0.1) is 11.3 Å². The van der Waals surface area contributed by atoms with E-state index in [1.54, 1.807) is 25.3 Å². The number of carbonyl (C=O) groups excluding carboxylic acids is 2. The van der Waals surface area contributed by atoms with Crippen molar-refractivity contribution >= 4 is 45.3 Å². The Morgan fingerprint density at radius 3 is 2.79 bits per heavy atom. The number of hydrogen-bond acceptors (Lipinski definition) is 6. The molecule has 0 bridgehead atoms. The van der Waals surface area contributed by atoms with Crippen LogP contribution in [0.15, 0.2) is 9.95 Å². The summed E-state index contributed by atoms with van der Waals surface area (Å²) in [7, 11) is 1.66. The van der Waals surface area contributed by atoms with Crippen LogP contribution >= 0.6 is 23.1 Å². The molecule has 1 aliphatic rings. The van der Waals surface area contributed by atoms with Crippen LogP contribution in [-0.2, 0) is 24.7 Å². The van der Waals surface area contributed by atoms with Gasteiger partial charge in [0, 0.05) is 11.9 Å². The zero-order chi connectivity index (χ0) is 17.4. The number of aromatic nitrogens is 2. The van der Waals surface area contributed by atoms with Gasteiger partial charge in [0.25, 0.3) is 5.56 Å². The van der Waals surface area contributed by atoms with Crippen molar-refractivity contribution in [2.75, 3.05) is 0 Å². The monoisotopic (exact) mass is 366 g/mol. The van der Waals surface area contributed by atoms with E-state index in [-0.39, 0.29) is 5.56 Å². The molecule has 0 spiro atoms. The smallest absolute Gasteiger partial charge is 0.318 e. The molecule has 0 aromatic carbocycles. The lowest BCUT2D eigenvalue weighted by molar-refractivity contribution is -0.119. The van der Waals surface area contributed by atoms with E-state index in [4.69, 9.17) is 5.73 Å². The van der Waals surface area contributed by atoms with Crippen LogP contribution < -0.4 is 16.6 Å². The zero-order valence-corrected chi connectivity index (χ0v) is 15.1. The quantitative estimate of drug-likeness (QED) is 0.633. The van der Waals surface area contributed by atoms with Gasteiger partial charge in [-0.25, -0.2) is 9.78 Å². The number of nitrogens with two attached hydrogens (primary N) is 1. The number of primary amides is 1. The molecule has 1 atom stereocenters. The lowest BCUT2D eigenvalue weighted by Gasteiger charge is -2.13. The Balaban J connectivity index is 1.98. The summed E-state index contributed by atoms with van der Waals surface area (Å²) in [5.74, 6) is -0.507. The molecule has 0 unspecified atom stereocenters. The van der Waals surface area contributed by atoms with E-state index in [0.29, 0.717) is 5.16 Å². The van der Waals surface area contributed by atoms with Gasteiger partial charge in [0.15, 0.2) is 5.16 Å². The molecule has 2 aromatic heterocycles. The second-order valence-electron chi connectivity index (χ2n) is 5.76. The van der Waals surface area contributed by atoms with E-state index >= 15 is 0 Å². The first-order valence-electron chi connectivity index (χ1n) is 7.66. The van der Waals surface area contributed by atoms with Crippen molar-refractivity contribution in [1.29, 1.82) is 0 Å². The fraction of sp³-hybridized carbons (Fsp3) is 0.467. The van der Waals surface area contributed by atoms with Crippen LogP contribution in [0.25, 0.3) is 10.2 Å². The van der Waals surface area contributed by atoms with Crippen molar-refractivity contribution in [3.05, 3.63) is 20.8 Å². The summed E-state index contributed by atoms with van der Waals surface area (Å²) in [5, 5.41) is 2.62. The van der Waals surface area contributed by atoms with E-state index in [9.17, 15) is 14.4 Å². The molecule has 2 heterocycles. The van der Waals surface area contributed by atoms with E-state index in [1.807, 2.05) is 5.32 Å². The maximum Gasteiger partial charge on any atom is 0.318 e. The number of carbonyl (C=O) groups is 2. The number of hydrogen-bond donors (Lipinski definition) is 2. The summed E-state index contributed by atoms with van der Waals surface area (Å²) >= 11 is 2.70. The van der Waals surface area contributed by atoms with Crippen LogP contribution in [0.1, 0.15) is 30.2 Å². The number of nitrogens with zero attached hydrogens (tertiary/aromatic N) is 2. The third kappa shape index (κ3) is 3.05. The summed E-state index contributed by atoms with van der Waals surface area (Å²) in [6, 6.07) is -0.893. The number of thioether (sulfide) groups is 1. The topological polar surface area (TPSA) is 107 Å². The number of amides is 3. The molecule has 0 saturated heterocycles. The molecular formula is C15H18N4O3S2. The molecule has 3 rings (SSSR count). The summed E-state index contributed by atoms with van der Waals surface area (Å²) in [5.41, 5.74) is 6.02. The summed E-state index contributed by atoms with van der Waals surface area (Å²) in [6.45, 7) is 1.64. The molecular weight excluding hydrogens is 348 g/mol. The maximum atomic E-state index is 12.8. The molecule has 0 fully saturated rings. The van der Waals surface area contributed by atoms with E-state index in [2.05, 4.69) is 4.98 Å². The van der Waals surface area contributed by atoms with Gasteiger partial charge in [0.05, 0.1) is 10.6 Å². The summed E-state index contributed by atoms with van der Waals surface area (Å²) in [4.78, 5) is 41.9. The fourth-order valence-electron chi connectivity index (χ4n) is 2.81. The Morgan fingerprint density at radius 1 is 1.38 bits per heavy atom. The molecule has 7 nitrogen and oxygen atoms in total. The second kappa shape index (κ2) is 6.56. The van der Waals surface area contributed by atoms with Crippen molar-refractivity contribution in [2.45, 2.75) is 43.0 Å². The lowest BCUT2D eigenvalue weighted by atomic mass is 9.97. The van der Waals surface area contributed by atoms with Crippen LogP contribution in [0.2, 0.25) is 0 Å². The van der Waals surface area contributed by atoms with Gasteiger partial charge in [0.1, 0.15) is 4.83 Å². The minimum atomic E-state index is -0.893. The highest BCUT2D eigenvalue weighted by Crippen LogP contribution is 2.34.